The number of azide groups is 1. The Morgan fingerprint density at radius 1 is 1.02 bits per heavy atom. The minimum Gasteiger partial charge on any atom is -0.494 e. The van der Waals surface area contributed by atoms with Gasteiger partial charge in [0.1, 0.15) is 5.75 Å². The number of hydrogen-bond donors (Lipinski definition) is 2. The van der Waals surface area contributed by atoms with Gasteiger partial charge in [-0.1, -0.05) is 75.6 Å². The second-order valence-electron chi connectivity index (χ2n) is 11.0. The molecule has 1 aliphatic heterocycles. The van der Waals surface area contributed by atoms with Crippen molar-refractivity contribution in [3.05, 3.63) is 145 Å². The van der Waals surface area contributed by atoms with Crippen molar-refractivity contribution in [2.45, 2.75) is 43.8 Å². The Bertz CT molecular complexity index is 1810. The van der Waals surface area contributed by atoms with Gasteiger partial charge in [0.2, 0.25) is 5.90 Å². The van der Waals surface area contributed by atoms with Crippen molar-refractivity contribution in [1.82, 2.24) is 5.32 Å². The number of rotatable bonds is 13. The van der Waals surface area contributed by atoms with Crippen molar-refractivity contribution in [2.24, 2.45) is 10.1 Å². The Morgan fingerprint density at radius 3 is 2.38 bits per heavy atom. The van der Waals surface area contributed by atoms with Crippen molar-refractivity contribution >= 4 is 27.7 Å². The maximum atomic E-state index is 14.6. The fourth-order valence-electron chi connectivity index (χ4n) is 5.38. The maximum Gasteiger partial charge on any atom is 0.416 e. The van der Waals surface area contributed by atoms with E-state index in [0.717, 1.165) is 12.1 Å². The van der Waals surface area contributed by atoms with Crippen LogP contribution in [0.5, 0.6) is 5.75 Å². The van der Waals surface area contributed by atoms with Gasteiger partial charge in [0.05, 0.1) is 18.7 Å². The normalized spacial score (nSPS) is 17.2. The molecular weight excluding hydrogens is 691 g/mol. The highest BCUT2D eigenvalue weighted by Gasteiger charge is 2.54. The summed E-state index contributed by atoms with van der Waals surface area (Å²) >= 11 is 3.61. The van der Waals surface area contributed by atoms with Gasteiger partial charge >= 0.3 is 6.18 Å². The summed E-state index contributed by atoms with van der Waals surface area (Å²) in [7, 11) is 0. The minimum atomic E-state index is -4.48. The van der Waals surface area contributed by atoms with Crippen molar-refractivity contribution in [1.29, 1.82) is 0 Å². The second kappa shape index (κ2) is 15.4. The van der Waals surface area contributed by atoms with Gasteiger partial charge in [0, 0.05) is 46.5 Å². The van der Waals surface area contributed by atoms with E-state index in [-0.39, 0.29) is 32.0 Å². The highest BCUT2D eigenvalue weighted by atomic mass is 79.9. The third-order valence-corrected chi connectivity index (χ3v) is 8.56. The monoisotopic (exact) mass is 721 g/mol. The number of nitrogens with one attached hydrogen (secondary N) is 1. The lowest BCUT2D eigenvalue weighted by molar-refractivity contribution is -0.137. The molecule has 0 saturated heterocycles. The Morgan fingerprint density at radius 2 is 1.71 bits per heavy atom. The van der Waals surface area contributed by atoms with Crippen LogP contribution in [0.15, 0.2) is 112 Å². The average Bonchev–Trinajstić information content (AvgIpc) is 3.47. The first-order valence-corrected chi connectivity index (χ1v) is 15.8. The van der Waals surface area contributed by atoms with E-state index < -0.39 is 29.3 Å². The molecule has 9 nitrogen and oxygen atoms in total. The number of halogens is 4. The Kier molecular flexibility index (Phi) is 11.0. The van der Waals surface area contributed by atoms with E-state index in [1.165, 1.54) is 12.1 Å². The van der Waals surface area contributed by atoms with Gasteiger partial charge in [0.15, 0.2) is 11.6 Å². The van der Waals surface area contributed by atoms with Crippen LogP contribution < -0.4 is 10.1 Å². The van der Waals surface area contributed by atoms with Crippen molar-refractivity contribution in [2.75, 3.05) is 13.2 Å². The number of carbonyl (C=O) groups excluding carboxylic acids is 1. The first kappa shape index (κ1) is 34.5. The summed E-state index contributed by atoms with van der Waals surface area (Å²) in [6, 6.07) is 26.2. The van der Waals surface area contributed by atoms with Gasteiger partial charge in [-0.15, -0.1) is 0 Å². The van der Waals surface area contributed by atoms with Gasteiger partial charge in [-0.2, -0.15) is 13.2 Å². The molecule has 0 spiro atoms. The molecule has 0 aliphatic carbocycles. The molecule has 1 amide bonds. The lowest BCUT2D eigenvalue weighted by atomic mass is 9.81. The van der Waals surface area contributed by atoms with Crippen molar-refractivity contribution in [3.8, 4) is 5.75 Å². The van der Waals surface area contributed by atoms with Crippen LogP contribution in [-0.4, -0.2) is 35.7 Å². The molecule has 0 saturated carbocycles. The molecule has 0 fully saturated rings. The van der Waals surface area contributed by atoms with Crippen molar-refractivity contribution < 1.29 is 32.5 Å². The van der Waals surface area contributed by atoms with Gasteiger partial charge in [-0.05, 0) is 64.7 Å². The van der Waals surface area contributed by atoms with Crippen LogP contribution in [0.1, 0.15) is 45.9 Å². The number of hydrogen-bond acceptors (Lipinski definition) is 6. The molecule has 48 heavy (non-hydrogen) atoms. The van der Waals surface area contributed by atoms with E-state index in [1.54, 1.807) is 36.4 Å². The highest BCUT2D eigenvalue weighted by molar-refractivity contribution is 9.10. The first-order chi connectivity index (χ1) is 23.1. The summed E-state index contributed by atoms with van der Waals surface area (Å²) in [4.78, 5) is 22.4. The second-order valence-corrected chi connectivity index (χ2v) is 11.9. The number of benzene rings is 4. The lowest BCUT2D eigenvalue weighted by Crippen LogP contribution is -2.50. The lowest BCUT2D eigenvalue weighted by Gasteiger charge is -2.32. The molecule has 1 heterocycles. The highest BCUT2D eigenvalue weighted by Crippen LogP contribution is 2.45. The van der Waals surface area contributed by atoms with Crippen LogP contribution in [0, 0.1) is 0 Å². The van der Waals surface area contributed by atoms with E-state index >= 15 is 0 Å². The number of carbonyl (C=O) groups is 1. The van der Waals surface area contributed by atoms with Crippen LogP contribution in [0.3, 0.4) is 0 Å². The molecule has 0 aromatic heterocycles. The fourth-order valence-corrected chi connectivity index (χ4v) is 5.87. The molecule has 4 aromatic carbocycles. The van der Waals surface area contributed by atoms with E-state index in [2.05, 4.69) is 31.3 Å². The zero-order valence-corrected chi connectivity index (χ0v) is 27.1. The summed E-state index contributed by atoms with van der Waals surface area (Å²) in [5.74, 6) is 0.274. The van der Waals surface area contributed by atoms with Crippen LogP contribution >= 0.6 is 15.9 Å². The van der Waals surface area contributed by atoms with Crippen LogP contribution in [0.4, 0.5) is 13.2 Å². The predicted molar refractivity (Wildman–Crippen MR) is 177 cm³/mol. The maximum absolute atomic E-state index is 14.6. The van der Waals surface area contributed by atoms with Gasteiger partial charge in [0.25, 0.3) is 5.91 Å². The Labute approximate surface area is 283 Å². The van der Waals surface area contributed by atoms with Gasteiger partial charge < -0.3 is 19.9 Å². The zero-order chi connectivity index (χ0) is 34.1. The summed E-state index contributed by atoms with van der Waals surface area (Å²) in [5.41, 5.74) is 9.72. The molecule has 2 N–H and O–H groups in total. The van der Waals surface area contributed by atoms with E-state index in [4.69, 9.17) is 25.1 Å². The third-order valence-electron chi connectivity index (χ3n) is 7.83. The number of nitrogens with zero attached hydrogens (tertiary/aromatic N) is 4. The standard InChI is InChI=1S/C35H31BrF3N5O4/c36-30-9-4-3-8-29(30)31-34(20-25-6-1-2-7-26(25)22-42-44-40,33(46)41-21-23-10-14-27(15-11-23)35(37,38)39)43-32(48-31)24-12-16-28(17-13-24)47-19-5-18-45/h1-4,6-17,31,45H,5,18-22H2,(H,41,46)/t31-,34-/m1/s1. The number of amides is 1. The Balaban J connectivity index is 1.58. The molecule has 0 bridgehead atoms. The number of aliphatic hydroxyl groups excluding tert-OH is 1. The topological polar surface area (TPSA) is 129 Å². The molecule has 248 valence electrons. The molecule has 1 aliphatic rings. The van der Waals surface area contributed by atoms with Gasteiger partial charge in [-0.3, -0.25) is 4.79 Å². The molecule has 0 unspecified atom stereocenters. The average molecular weight is 723 g/mol. The van der Waals surface area contributed by atoms with Crippen LogP contribution in [0.2, 0.25) is 0 Å². The molecule has 4 aromatic rings. The Hall–Kier alpha value is -4.84. The van der Waals surface area contributed by atoms with Crippen molar-refractivity contribution in [3.63, 3.8) is 0 Å². The quantitative estimate of drug-likeness (QED) is 0.0630. The van der Waals surface area contributed by atoms with Gasteiger partial charge in [-0.25, -0.2) is 4.99 Å². The molecule has 5 rings (SSSR count). The molecule has 2 atom stereocenters. The van der Waals surface area contributed by atoms with E-state index in [9.17, 15) is 18.0 Å². The number of aliphatic hydroxyl groups is 1. The first-order valence-electron chi connectivity index (χ1n) is 15.0. The predicted octanol–water partition coefficient (Wildman–Crippen LogP) is 7.86. The summed E-state index contributed by atoms with van der Waals surface area (Å²) in [6.45, 7) is 0.334. The summed E-state index contributed by atoms with van der Waals surface area (Å²) in [5, 5.41) is 15.7. The number of aliphatic imine (C=N–C) groups is 1. The largest absolute Gasteiger partial charge is 0.494 e. The molecular formula is C35H31BrF3N5O4. The summed E-state index contributed by atoms with van der Waals surface area (Å²) in [6.07, 6.45) is -4.90. The number of alkyl halides is 3. The molecule has 0 radical (unpaired) electrons. The summed E-state index contributed by atoms with van der Waals surface area (Å²) < 4.78 is 52.4. The fraction of sp³-hybridized carbons (Fsp3) is 0.257. The smallest absolute Gasteiger partial charge is 0.416 e. The van der Waals surface area contributed by atoms with E-state index in [0.29, 0.717) is 51.1 Å². The van der Waals surface area contributed by atoms with Crippen LogP contribution in [0.25, 0.3) is 10.4 Å². The zero-order valence-electron chi connectivity index (χ0n) is 25.5. The van der Waals surface area contributed by atoms with E-state index in [1.807, 2.05) is 36.4 Å². The SMILES string of the molecule is [N-]=[N+]=NCc1ccccc1C[C@@]1(C(=O)NCc2ccc(C(F)(F)F)cc2)N=C(c2ccc(OCCCO)cc2)O[C@@H]1c1ccccc1Br. The molecule has 13 heteroatoms. The third kappa shape index (κ3) is 7.99. The number of ether oxygens (including phenoxy) is 2. The van der Waals surface area contributed by atoms with Crippen LogP contribution in [-0.2, 0) is 35.2 Å². The minimum absolute atomic E-state index is 0.00810.